The fourth-order valence-corrected chi connectivity index (χ4v) is 1.77. The molecule has 2 heterocycles. The van der Waals surface area contributed by atoms with E-state index in [0.29, 0.717) is 25.7 Å². The molecule has 1 saturated heterocycles. The van der Waals surface area contributed by atoms with Crippen LogP contribution in [0, 0.1) is 0 Å². The number of hydrogen-bond acceptors (Lipinski definition) is 4. The number of aromatic amines is 1. The number of morpholine rings is 1. The van der Waals surface area contributed by atoms with Gasteiger partial charge >= 0.3 is 0 Å². The average molecular weight is 230 g/mol. The van der Waals surface area contributed by atoms with E-state index >= 15 is 0 Å². The van der Waals surface area contributed by atoms with E-state index in [1.54, 1.807) is 0 Å². The maximum absolute atomic E-state index is 11.2. The van der Waals surface area contributed by atoms with E-state index in [4.69, 9.17) is 16.3 Å². The largest absolute Gasteiger partial charge is 0.377 e. The molecule has 5 nitrogen and oxygen atoms in total. The predicted octanol–water partition coefficient (Wildman–Crippen LogP) is 0.648. The summed E-state index contributed by atoms with van der Waals surface area (Å²) in [5.41, 5.74) is -0.233. The van der Waals surface area contributed by atoms with E-state index in [-0.39, 0.29) is 16.8 Å². The smallest absolute Gasteiger partial charge is 0.253 e. The van der Waals surface area contributed by atoms with Crippen LogP contribution in [0.15, 0.2) is 10.9 Å². The molecule has 82 valence electrons. The van der Waals surface area contributed by atoms with Gasteiger partial charge in [-0.15, -0.1) is 0 Å². The van der Waals surface area contributed by atoms with Gasteiger partial charge in [-0.3, -0.25) is 9.78 Å². The summed E-state index contributed by atoms with van der Waals surface area (Å²) < 4.78 is 5.30. The third-order valence-corrected chi connectivity index (χ3v) is 2.53. The minimum Gasteiger partial charge on any atom is -0.377 e. The molecule has 1 atom stereocenters. The van der Waals surface area contributed by atoms with Crippen LogP contribution in [-0.2, 0) is 4.74 Å². The number of nitrogens with one attached hydrogen (secondary N) is 1. The number of halogens is 1. The first-order valence-corrected chi connectivity index (χ1v) is 5.16. The molecule has 1 aliphatic rings. The highest BCUT2D eigenvalue weighted by Gasteiger charge is 2.21. The van der Waals surface area contributed by atoms with Gasteiger partial charge in [-0.1, -0.05) is 11.6 Å². The lowest BCUT2D eigenvalue weighted by atomic mass is 10.3. The Morgan fingerprint density at radius 3 is 3.20 bits per heavy atom. The number of hydrogen-bond donors (Lipinski definition) is 1. The van der Waals surface area contributed by atoms with Gasteiger partial charge in [0.2, 0.25) is 5.95 Å². The van der Waals surface area contributed by atoms with Crippen molar-refractivity contribution in [3.8, 4) is 0 Å². The van der Waals surface area contributed by atoms with E-state index in [1.807, 2.05) is 11.8 Å². The monoisotopic (exact) mass is 229 g/mol. The van der Waals surface area contributed by atoms with Gasteiger partial charge in [-0.2, -0.15) is 0 Å². The van der Waals surface area contributed by atoms with Gasteiger partial charge in [0.25, 0.3) is 5.56 Å². The summed E-state index contributed by atoms with van der Waals surface area (Å²) in [4.78, 5) is 20.0. The van der Waals surface area contributed by atoms with Crippen LogP contribution in [0.4, 0.5) is 5.95 Å². The van der Waals surface area contributed by atoms with Crippen molar-refractivity contribution in [1.82, 2.24) is 9.97 Å². The molecule has 0 saturated carbocycles. The van der Waals surface area contributed by atoms with Gasteiger partial charge in [0.05, 0.1) is 19.3 Å². The number of aromatic nitrogens is 2. The minimum absolute atomic E-state index is 0.195. The van der Waals surface area contributed by atoms with Gasteiger partial charge in [-0.25, -0.2) is 4.98 Å². The lowest BCUT2D eigenvalue weighted by Gasteiger charge is -2.33. The van der Waals surface area contributed by atoms with Crippen molar-refractivity contribution in [1.29, 1.82) is 0 Å². The molecule has 0 radical (unpaired) electrons. The molecule has 15 heavy (non-hydrogen) atoms. The molecule has 0 aromatic carbocycles. The second kappa shape index (κ2) is 4.20. The van der Waals surface area contributed by atoms with E-state index in [1.165, 1.54) is 6.07 Å². The predicted molar refractivity (Wildman–Crippen MR) is 57.5 cm³/mol. The zero-order chi connectivity index (χ0) is 10.8. The van der Waals surface area contributed by atoms with Gasteiger partial charge in [0, 0.05) is 12.6 Å². The molecule has 0 bridgehead atoms. The quantitative estimate of drug-likeness (QED) is 0.719. The summed E-state index contributed by atoms with van der Waals surface area (Å²) in [6.45, 7) is 4.00. The van der Waals surface area contributed by atoms with Crippen LogP contribution in [-0.4, -0.2) is 35.8 Å². The van der Waals surface area contributed by atoms with Crippen LogP contribution in [0.3, 0.4) is 0 Å². The maximum atomic E-state index is 11.2. The molecule has 1 aromatic heterocycles. The molecule has 2 rings (SSSR count). The standard InChI is InChI=1S/C9H12ClN3O2/c1-6-5-15-3-2-13(6)9-11-7(10)4-8(14)12-9/h4,6H,2-3,5H2,1H3,(H,11,12,14). The lowest BCUT2D eigenvalue weighted by Crippen LogP contribution is -2.45. The number of ether oxygens (including phenoxy) is 1. The molecular weight excluding hydrogens is 218 g/mol. The van der Waals surface area contributed by atoms with Crippen molar-refractivity contribution >= 4 is 17.5 Å². The topological polar surface area (TPSA) is 58.2 Å². The van der Waals surface area contributed by atoms with E-state index in [9.17, 15) is 4.79 Å². The molecule has 0 aliphatic carbocycles. The van der Waals surface area contributed by atoms with Gasteiger partial charge in [0.1, 0.15) is 5.15 Å². The second-order valence-electron chi connectivity index (χ2n) is 3.51. The van der Waals surface area contributed by atoms with Gasteiger partial charge in [-0.05, 0) is 6.92 Å². The molecule has 1 aromatic rings. The third-order valence-electron chi connectivity index (χ3n) is 2.34. The SMILES string of the molecule is CC1COCCN1c1nc(Cl)cc(=O)[nH]1. The Kier molecular flexibility index (Phi) is 2.93. The fraction of sp³-hybridized carbons (Fsp3) is 0.556. The van der Waals surface area contributed by atoms with E-state index in [0.717, 1.165) is 0 Å². The average Bonchev–Trinajstić information content (AvgIpc) is 2.16. The van der Waals surface area contributed by atoms with Gasteiger partial charge in [0.15, 0.2) is 0 Å². The van der Waals surface area contributed by atoms with Crippen molar-refractivity contribution in [3.63, 3.8) is 0 Å². The van der Waals surface area contributed by atoms with Crippen molar-refractivity contribution in [3.05, 3.63) is 21.6 Å². The van der Waals surface area contributed by atoms with Crippen molar-refractivity contribution < 1.29 is 4.74 Å². The summed E-state index contributed by atoms with van der Waals surface area (Å²) in [5.74, 6) is 0.517. The molecule has 1 fully saturated rings. The van der Waals surface area contributed by atoms with Crippen molar-refractivity contribution in [2.24, 2.45) is 0 Å². The summed E-state index contributed by atoms with van der Waals surface area (Å²) in [6, 6.07) is 1.45. The maximum Gasteiger partial charge on any atom is 0.253 e. The normalized spacial score (nSPS) is 21.7. The Labute approximate surface area is 92.0 Å². The third kappa shape index (κ3) is 2.30. The summed E-state index contributed by atoms with van der Waals surface area (Å²) in [6.07, 6.45) is 0. The highest BCUT2D eigenvalue weighted by Crippen LogP contribution is 2.14. The fourth-order valence-electron chi connectivity index (χ4n) is 1.59. The Hall–Kier alpha value is -1.07. The van der Waals surface area contributed by atoms with Crippen LogP contribution in [0.2, 0.25) is 5.15 Å². The number of H-pyrrole nitrogens is 1. The zero-order valence-electron chi connectivity index (χ0n) is 8.36. The zero-order valence-corrected chi connectivity index (χ0v) is 9.12. The Morgan fingerprint density at radius 1 is 1.73 bits per heavy atom. The molecule has 0 spiro atoms. The highest BCUT2D eigenvalue weighted by molar-refractivity contribution is 6.29. The molecule has 1 N–H and O–H groups in total. The Morgan fingerprint density at radius 2 is 2.53 bits per heavy atom. The minimum atomic E-state index is -0.233. The van der Waals surface area contributed by atoms with Crippen molar-refractivity contribution in [2.45, 2.75) is 13.0 Å². The van der Waals surface area contributed by atoms with Crippen LogP contribution in [0.5, 0.6) is 0 Å². The molecule has 1 aliphatic heterocycles. The van der Waals surface area contributed by atoms with Crippen LogP contribution >= 0.6 is 11.6 Å². The van der Waals surface area contributed by atoms with E-state index in [2.05, 4.69) is 9.97 Å². The highest BCUT2D eigenvalue weighted by atomic mass is 35.5. The van der Waals surface area contributed by atoms with Crippen LogP contribution in [0.1, 0.15) is 6.92 Å². The Balaban J connectivity index is 2.31. The summed E-state index contributed by atoms with van der Waals surface area (Å²) >= 11 is 5.73. The van der Waals surface area contributed by atoms with Crippen molar-refractivity contribution in [2.75, 3.05) is 24.7 Å². The molecule has 0 amide bonds. The first-order chi connectivity index (χ1) is 7.16. The Bertz CT molecular complexity index is 407. The number of rotatable bonds is 1. The number of anilines is 1. The molecular formula is C9H12ClN3O2. The summed E-state index contributed by atoms with van der Waals surface area (Å²) in [5, 5.41) is 0.215. The first kappa shape index (κ1) is 10.4. The summed E-state index contributed by atoms with van der Waals surface area (Å²) in [7, 11) is 0. The molecule has 6 heteroatoms. The first-order valence-electron chi connectivity index (χ1n) is 4.78. The van der Waals surface area contributed by atoms with E-state index < -0.39 is 0 Å². The van der Waals surface area contributed by atoms with Crippen LogP contribution in [0.25, 0.3) is 0 Å². The number of nitrogens with zero attached hydrogens (tertiary/aromatic N) is 2. The van der Waals surface area contributed by atoms with Crippen LogP contribution < -0.4 is 10.5 Å². The molecule has 1 unspecified atom stereocenters. The lowest BCUT2D eigenvalue weighted by molar-refractivity contribution is 0.0980. The van der Waals surface area contributed by atoms with Gasteiger partial charge < -0.3 is 9.64 Å². The second-order valence-corrected chi connectivity index (χ2v) is 3.90.